The molecule has 1 fully saturated rings. The zero-order valence-corrected chi connectivity index (χ0v) is 22.5. The zero-order chi connectivity index (χ0) is 29.7. The van der Waals surface area contributed by atoms with Crippen molar-refractivity contribution in [1.82, 2.24) is 9.55 Å². The van der Waals surface area contributed by atoms with Crippen LogP contribution in [0.25, 0.3) is 0 Å². The monoisotopic (exact) mass is 569 g/mol. The lowest BCUT2D eigenvalue weighted by molar-refractivity contribution is -0.101. The van der Waals surface area contributed by atoms with Crippen LogP contribution in [0.5, 0.6) is 0 Å². The molecule has 3 aromatic carbocycles. The predicted octanol–water partition coefficient (Wildman–Crippen LogP) is 3.23. The topological polar surface area (TPSA) is 146 Å². The lowest BCUT2D eigenvalue weighted by atomic mass is 9.96. The number of aliphatic hydroxyl groups is 1. The fourth-order valence-corrected chi connectivity index (χ4v) is 4.57. The van der Waals surface area contributed by atoms with E-state index in [9.17, 15) is 24.3 Å². The molecule has 214 valence electrons. The number of esters is 2. The maximum Gasteiger partial charge on any atom is 0.351 e. The van der Waals surface area contributed by atoms with Gasteiger partial charge in [-0.2, -0.15) is 4.98 Å². The summed E-state index contributed by atoms with van der Waals surface area (Å²) in [6.45, 7) is 0.956. The van der Waals surface area contributed by atoms with Crippen LogP contribution in [0, 0.1) is 0 Å². The molecule has 2 heterocycles. The predicted molar refractivity (Wildman–Crippen MR) is 150 cm³/mol. The van der Waals surface area contributed by atoms with Gasteiger partial charge in [0, 0.05) is 11.8 Å². The number of rotatable bonds is 8. The number of nitrogens with zero attached hydrogens (tertiary/aromatic N) is 2. The third-order valence-electron chi connectivity index (χ3n) is 6.71. The zero-order valence-electron chi connectivity index (χ0n) is 22.5. The third-order valence-corrected chi connectivity index (χ3v) is 6.71. The first-order valence-electron chi connectivity index (χ1n) is 13.1. The van der Waals surface area contributed by atoms with Gasteiger partial charge in [-0.25, -0.2) is 14.4 Å². The van der Waals surface area contributed by atoms with E-state index in [1.807, 2.05) is 0 Å². The molecule has 2 N–H and O–H groups in total. The highest BCUT2D eigenvalue weighted by Crippen LogP contribution is 2.40. The average Bonchev–Trinajstić information content (AvgIpc) is 3.25. The van der Waals surface area contributed by atoms with Crippen LogP contribution in [-0.4, -0.2) is 56.9 Å². The quantitative estimate of drug-likeness (QED) is 0.305. The first-order valence-corrected chi connectivity index (χ1v) is 13.1. The molecule has 0 unspecified atom stereocenters. The lowest BCUT2D eigenvalue weighted by Gasteiger charge is -2.30. The molecule has 1 saturated heterocycles. The fourth-order valence-electron chi connectivity index (χ4n) is 4.57. The Kier molecular flexibility index (Phi) is 8.23. The van der Waals surface area contributed by atoms with Crippen molar-refractivity contribution in [2.24, 2.45) is 0 Å². The molecule has 0 radical (unpaired) electrons. The Hall–Kier alpha value is -5.13. The van der Waals surface area contributed by atoms with Gasteiger partial charge < -0.3 is 24.6 Å². The Labute approximate surface area is 240 Å². The summed E-state index contributed by atoms with van der Waals surface area (Å²) in [5, 5.41) is 14.2. The molecule has 1 aliphatic heterocycles. The van der Waals surface area contributed by atoms with E-state index in [-0.39, 0.29) is 18.0 Å². The Morgan fingerprint density at radius 3 is 2.00 bits per heavy atom. The maximum absolute atomic E-state index is 13.1. The number of hydrogen-bond acceptors (Lipinski definition) is 9. The largest absolute Gasteiger partial charge is 0.459 e. The van der Waals surface area contributed by atoms with Crippen molar-refractivity contribution in [2.45, 2.75) is 31.0 Å². The molecule has 5 rings (SSSR count). The second kappa shape index (κ2) is 12.2. The second-order valence-electron chi connectivity index (χ2n) is 9.73. The molecule has 0 spiro atoms. The molecular weight excluding hydrogens is 542 g/mol. The summed E-state index contributed by atoms with van der Waals surface area (Å²) in [6, 6.07) is 26.2. The van der Waals surface area contributed by atoms with Gasteiger partial charge in [0.1, 0.15) is 24.1 Å². The average molecular weight is 570 g/mol. The number of carbonyl (C=O) groups excluding carboxylic acids is 3. The van der Waals surface area contributed by atoms with Gasteiger partial charge in [-0.3, -0.25) is 9.36 Å². The number of benzene rings is 3. The second-order valence-corrected chi connectivity index (χ2v) is 9.73. The first-order chi connectivity index (χ1) is 20.2. The summed E-state index contributed by atoms with van der Waals surface area (Å²) in [5.41, 5.74) is -1.91. The van der Waals surface area contributed by atoms with E-state index in [1.165, 1.54) is 19.2 Å². The van der Waals surface area contributed by atoms with E-state index in [1.54, 1.807) is 91.0 Å². The number of ether oxygens (including phenoxy) is 3. The molecule has 42 heavy (non-hydrogen) atoms. The standard InChI is InChI=1S/C31H27N3O8/c1-31(39)25(42-28(37)22-15-9-4-10-16-22)23(19-40-27(36)21-13-7-3-8-14-21)41-29(31)34-18-17-24(33-30(34)38)32-26(35)20-11-5-2-6-12-20/h2-18,23,25,29,39H,19H2,1H3,(H,32,33,35,38)/t23-,25+,29-,31+/m1/s1. The third kappa shape index (κ3) is 6.12. The number of anilines is 1. The molecule has 1 amide bonds. The van der Waals surface area contributed by atoms with E-state index in [0.29, 0.717) is 11.1 Å². The van der Waals surface area contributed by atoms with Crippen LogP contribution >= 0.6 is 0 Å². The molecule has 0 bridgehead atoms. The van der Waals surface area contributed by atoms with Gasteiger partial charge in [0.05, 0.1) is 11.1 Å². The van der Waals surface area contributed by atoms with Crippen molar-refractivity contribution < 1.29 is 33.7 Å². The Morgan fingerprint density at radius 2 is 1.43 bits per heavy atom. The van der Waals surface area contributed by atoms with Crippen molar-refractivity contribution in [3.05, 3.63) is 130 Å². The SMILES string of the molecule is C[C@]1(O)[C@@H](OC(=O)c2ccccc2)[C@@H](COC(=O)c2ccccc2)O[C@H]1n1ccc(NC(=O)c2ccccc2)nc1=O. The van der Waals surface area contributed by atoms with Crippen molar-refractivity contribution in [3.8, 4) is 0 Å². The molecule has 0 saturated carbocycles. The van der Waals surface area contributed by atoms with Crippen LogP contribution in [0.3, 0.4) is 0 Å². The minimum atomic E-state index is -1.96. The molecular formula is C31H27N3O8. The smallest absolute Gasteiger partial charge is 0.351 e. The van der Waals surface area contributed by atoms with E-state index in [2.05, 4.69) is 10.3 Å². The van der Waals surface area contributed by atoms with Crippen LogP contribution in [0.15, 0.2) is 108 Å². The lowest BCUT2D eigenvalue weighted by Crippen LogP contribution is -2.48. The normalized spacial score (nSPS) is 21.3. The van der Waals surface area contributed by atoms with Crippen LogP contribution in [0.2, 0.25) is 0 Å². The van der Waals surface area contributed by atoms with Gasteiger partial charge in [0.15, 0.2) is 12.3 Å². The number of nitrogens with one attached hydrogen (secondary N) is 1. The summed E-state index contributed by atoms with van der Waals surface area (Å²) in [5.74, 6) is -1.86. The number of amides is 1. The molecule has 4 atom stereocenters. The molecule has 4 aromatic rings. The highest BCUT2D eigenvalue weighted by Gasteiger charge is 2.57. The van der Waals surface area contributed by atoms with Gasteiger partial charge >= 0.3 is 17.6 Å². The Morgan fingerprint density at radius 1 is 0.881 bits per heavy atom. The van der Waals surface area contributed by atoms with E-state index < -0.39 is 47.6 Å². The summed E-state index contributed by atoms with van der Waals surface area (Å²) < 4.78 is 18.1. The molecule has 1 aliphatic rings. The minimum absolute atomic E-state index is 0.0110. The molecule has 11 nitrogen and oxygen atoms in total. The van der Waals surface area contributed by atoms with Crippen LogP contribution in [-0.2, 0) is 14.2 Å². The number of carbonyl (C=O) groups is 3. The van der Waals surface area contributed by atoms with Crippen LogP contribution in [0.1, 0.15) is 44.2 Å². The summed E-state index contributed by atoms with van der Waals surface area (Å²) >= 11 is 0. The molecule has 11 heteroatoms. The van der Waals surface area contributed by atoms with Crippen molar-refractivity contribution in [1.29, 1.82) is 0 Å². The Bertz CT molecular complexity index is 1620. The number of hydrogen-bond donors (Lipinski definition) is 2. The summed E-state index contributed by atoms with van der Waals surface area (Å²) in [6.07, 6.45) is -2.58. The van der Waals surface area contributed by atoms with Crippen molar-refractivity contribution in [3.63, 3.8) is 0 Å². The molecule has 0 aliphatic carbocycles. The fraction of sp³-hybridized carbons (Fsp3) is 0.194. The van der Waals surface area contributed by atoms with Crippen LogP contribution in [0.4, 0.5) is 5.82 Å². The first kappa shape index (κ1) is 28.4. The highest BCUT2D eigenvalue weighted by atomic mass is 16.6. The van der Waals surface area contributed by atoms with E-state index in [0.717, 1.165) is 4.57 Å². The van der Waals surface area contributed by atoms with Crippen molar-refractivity contribution in [2.75, 3.05) is 11.9 Å². The van der Waals surface area contributed by atoms with Gasteiger partial charge in [-0.15, -0.1) is 0 Å². The Balaban J connectivity index is 1.39. The van der Waals surface area contributed by atoms with Gasteiger partial charge in [-0.05, 0) is 49.4 Å². The number of aromatic nitrogens is 2. The summed E-state index contributed by atoms with van der Waals surface area (Å²) in [4.78, 5) is 55.0. The van der Waals surface area contributed by atoms with Crippen molar-refractivity contribution >= 4 is 23.7 Å². The van der Waals surface area contributed by atoms with Gasteiger partial charge in [-0.1, -0.05) is 54.6 Å². The van der Waals surface area contributed by atoms with Gasteiger partial charge in [0.2, 0.25) is 0 Å². The maximum atomic E-state index is 13.1. The summed E-state index contributed by atoms with van der Waals surface area (Å²) in [7, 11) is 0. The minimum Gasteiger partial charge on any atom is -0.459 e. The van der Waals surface area contributed by atoms with Gasteiger partial charge in [0.25, 0.3) is 5.91 Å². The highest BCUT2D eigenvalue weighted by molar-refractivity contribution is 6.03. The van der Waals surface area contributed by atoms with E-state index in [4.69, 9.17) is 14.2 Å². The van der Waals surface area contributed by atoms with Crippen LogP contribution < -0.4 is 11.0 Å². The van der Waals surface area contributed by atoms with E-state index >= 15 is 0 Å². The molecule has 1 aromatic heterocycles.